The van der Waals surface area contributed by atoms with Crippen LogP contribution < -0.4 is 13.8 Å². The Kier molecular flexibility index (Phi) is 6.21. The van der Waals surface area contributed by atoms with E-state index in [0.29, 0.717) is 22.4 Å². The zero-order valence-corrected chi connectivity index (χ0v) is 18.3. The summed E-state index contributed by atoms with van der Waals surface area (Å²) < 4.78 is 42.4. The first-order chi connectivity index (χ1) is 14.7. The molecule has 0 aliphatic carbocycles. The maximum absolute atomic E-state index is 13.1. The zero-order chi connectivity index (χ0) is 22.8. The van der Waals surface area contributed by atoms with E-state index in [1.54, 1.807) is 30.3 Å². The quantitative estimate of drug-likeness (QED) is 0.514. The predicted molar refractivity (Wildman–Crippen MR) is 116 cm³/mol. The Morgan fingerprint density at radius 3 is 2.29 bits per heavy atom. The molecule has 3 rings (SSSR count). The lowest BCUT2D eigenvalue weighted by Gasteiger charge is -2.23. The first-order valence-electron chi connectivity index (χ1n) is 9.12. The van der Waals surface area contributed by atoms with Crippen molar-refractivity contribution in [1.82, 2.24) is 4.57 Å². The first kappa shape index (κ1) is 22.2. The summed E-state index contributed by atoms with van der Waals surface area (Å²) in [6.45, 7) is -0.492. The van der Waals surface area contributed by atoms with Gasteiger partial charge in [-0.25, -0.2) is 13.2 Å². The molecule has 10 heteroatoms. The van der Waals surface area contributed by atoms with E-state index in [2.05, 4.69) is 0 Å². The van der Waals surface area contributed by atoms with Gasteiger partial charge >= 0.3 is 5.97 Å². The number of anilines is 1. The molecule has 164 valence electrons. The van der Waals surface area contributed by atoms with Crippen LogP contribution in [0.25, 0.3) is 10.9 Å². The second-order valence-electron chi connectivity index (χ2n) is 6.62. The molecule has 31 heavy (non-hydrogen) atoms. The maximum Gasteiger partial charge on any atom is 0.340 e. The Hall–Kier alpha value is -3.53. The molecule has 1 aromatic heterocycles. The Balaban J connectivity index is 2.05. The molecule has 2 aromatic carbocycles. The number of ether oxygens (including phenoxy) is 3. The number of fused-ring (bicyclic) bond motifs is 1. The van der Waals surface area contributed by atoms with Crippen molar-refractivity contribution in [2.75, 3.05) is 38.4 Å². The van der Waals surface area contributed by atoms with Gasteiger partial charge in [0.25, 0.3) is 5.91 Å². The molecule has 0 spiro atoms. The molecular formula is C21H22N2O7S. The molecule has 3 aromatic rings. The van der Waals surface area contributed by atoms with E-state index in [1.165, 1.54) is 44.2 Å². The number of hydrogen-bond acceptors (Lipinski definition) is 7. The minimum Gasteiger partial charge on any atom is -0.493 e. The largest absolute Gasteiger partial charge is 0.493 e. The van der Waals surface area contributed by atoms with Gasteiger partial charge in [-0.2, -0.15) is 0 Å². The van der Waals surface area contributed by atoms with Gasteiger partial charge in [0.05, 0.1) is 44.4 Å². The Morgan fingerprint density at radius 2 is 1.68 bits per heavy atom. The van der Waals surface area contributed by atoms with Crippen LogP contribution in [0.3, 0.4) is 0 Å². The predicted octanol–water partition coefficient (Wildman–Crippen LogP) is 2.55. The van der Waals surface area contributed by atoms with Gasteiger partial charge in [0, 0.05) is 17.6 Å². The molecule has 0 aliphatic rings. The van der Waals surface area contributed by atoms with Crippen LogP contribution in [-0.4, -0.2) is 59.0 Å². The molecule has 0 fully saturated rings. The Labute approximate surface area is 179 Å². The van der Waals surface area contributed by atoms with E-state index in [9.17, 15) is 18.0 Å². The van der Waals surface area contributed by atoms with E-state index in [0.717, 1.165) is 10.6 Å². The van der Waals surface area contributed by atoms with Gasteiger partial charge < -0.3 is 14.2 Å². The smallest absolute Gasteiger partial charge is 0.340 e. The average Bonchev–Trinajstić information content (AvgIpc) is 3.15. The van der Waals surface area contributed by atoms with Crippen LogP contribution in [0.4, 0.5) is 5.69 Å². The lowest BCUT2D eigenvalue weighted by atomic mass is 10.2. The Morgan fingerprint density at radius 1 is 1.00 bits per heavy atom. The van der Waals surface area contributed by atoms with Crippen molar-refractivity contribution < 1.29 is 32.2 Å². The molecule has 0 bridgehead atoms. The van der Waals surface area contributed by atoms with Gasteiger partial charge in [-0.3, -0.25) is 13.7 Å². The van der Waals surface area contributed by atoms with Crippen LogP contribution in [0, 0.1) is 0 Å². The van der Waals surface area contributed by atoms with Crippen LogP contribution in [0.2, 0.25) is 0 Å². The highest BCUT2D eigenvalue weighted by Crippen LogP contribution is 2.32. The van der Waals surface area contributed by atoms with Gasteiger partial charge in [-0.1, -0.05) is 18.2 Å². The van der Waals surface area contributed by atoms with Crippen molar-refractivity contribution in [2.24, 2.45) is 0 Å². The molecule has 0 aliphatic heterocycles. The minimum atomic E-state index is -3.82. The monoisotopic (exact) mass is 446 g/mol. The van der Waals surface area contributed by atoms with Crippen LogP contribution in [-0.2, 0) is 14.8 Å². The number of hydrogen-bond donors (Lipinski definition) is 0. The molecular weight excluding hydrogens is 424 g/mol. The zero-order valence-electron chi connectivity index (χ0n) is 17.5. The number of para-hydroxylation sites is 1. The summed E-state index contributed by atoms with van der Waals surface area (Å²) in [6.07, 6.45) is 2.36. The van der Waals surface area contributed by atoms with Crippen molar-refractivity contribution in [3.05, 3.63) is 54.2 Å². The molecule has 0 unspecified atom stereocenters. The van der Waals surface area contributed by atoms with Crippen LogP contribution in [0.15, 0.2) is 48.7 Å². The molecule has 0 saturated carbocycles. The van der Waals surface area contributed by atoms with E-state index >= 15 is 0 Å². The number of aromatic nitrogens is 1. The van der Waals surface area contributed by atoms with Gasteiger partial charge in [-0.15, -0.1) is 0 Å². The summed E-state index contributed by atoms with van der Waals surface area (Å²) in [5, 5.41) is 0.528. The molecule has 0 N–H and O–H groups in total. The summed E-state index contributed by atoms with van der Waals surface area (Å²) in [5.41, 5.74) is 0.912. The lowest BCUT2D eigenvalue weighted by Crippen LogP contribution is -2.36. The number of sulfonamides is 1. The summed E-state index contributed by atoms with van der Waals surface area (Å²) in [4.78, 5) is 25.3. The highest BCUT2D eigenvalue weighted by Gasteiger charge is 2.25. The topological polar surface area (TPSA) is 104 Å². The van der Waals surface area contributed by atoms with Gasteiger partial charge in [-0.05, 0) is 18.2 Å². The molecule has 0 saturated heterocycles. The summed E-state index contributed by atoms with van der Waals surface area (Å²) in [6, 6.07) is 11.3. The number of nitrogens with zero attached hydrogens (tertiary/aromatic N) is 2. The summed E-state index contributed by atoms with van der Waals surface area (Å²) in [5.74, 6) is -0.403. The van der Waals surface area contributed by atoms with Crippen LogP contribution in [0.1, 0.15) is 15.2 Å². The van der Waals surface area contributed by atoms with Crippen molar-refractivity contribution in [3.63, 3.8) is 0 Å². The summed E-state index contributed by atoms with van der Waals surface area (Å²) >= 11 is 0. The van der Waals surface area contributed by atoms with E-state index in [1.807, 2.05) is 0 Å². The molecule has 9 nitrogen and oxygen atoms in total. The average molecular weight is 446 g/mol. The van der Waals surface area contributed by atoms with Crippen LogP contribution in [0.5, 0.6) is 11.5 Å². The second-order valence-corrected chi connectivity index (χ2v) is 8.53. The Bertz CT molecular complexity index is 1250. The van der Waals surface area contributed by atoms with Crippen molar-refractivity contribution in [1.29, 1.82) is 0 Å². The number of rotatable bonds is 7. The number of carbonyl (C=O) groups is 2. The molecule has 0 amide bonds. The molecule has 1 heterocycles. The third kappa shape index (κ3) is 4.33. The third-order valence-electron chi connectivity index (χ3n) is 4.72. The van der Waals surface area contributed by atoms with E-state index in [-0.39, 0.29) is 11.3 Å². The maximum atomic E-state index is 13.1. The fraction of sp³-hybridized carbons (Fsp3) is 0.238. The fourth-order valence-corrected chi connectivity index (χ4v) is 4.08. The fourth-order valence-electron chi connectivity index (χ4n) is 3.24. The normalized spacial score (nSPS) is 11.2. The van der Waals surface area contributed by atoms with Crippen molar-refractivity contribution in [3.8, 4) is 11.5 Å². The van der Waals surface area contributed by atoms with Gasteiger partial charge in [0.2, 0.25) is 10.0 Å². The van der Waals surface area contributed by atoms with Crippen molar-refractivity contribution in [2.45, 2.75) is 0 Å². The molecule has 0 atom stereocenters. The molecule has 0 radical (unpaired) electrons. The van der Waals surface area contributed by atoms with Crippen molar-refractivity contribution >= 4 is 38.5 Å². The number of methoxy groups -OCH3 is 3. The number of benzene rings is 2. The summed E-state index contributed by atoms with van der Waals surface area (Å²) in [7, 11) is 0.319. The van der Waals surface area contributed by atoms with E-state index in [4.69, 9.17) is 14.2 Å². The third-order valence-corrected chi connectivity index (χ3v) is 5.86. The lowest BCUT2D eigenvalue weighted by molar-refractivity contribution is 0.0603. The highest BCUT2D eigenvalue weighted by molar-refractivity contribution is 7.92. The number of esters is 1. The SMILES string of the molecule is COC(=O)c1cn(C(=O)CN(c2ccc(OC)c(OC)c2)S(C)(=O)=O)c2ccccc12. The van der Waals surface area contributed by atoms with Gasteiger partial charge in [0.15, 0.2) is 11.5 Å². The highest BCUT2D eigenvalue weighted by atomic mass is 32.2. The van der Waals surface area contributed by atoms with Crippen LogP contribution >= 0.6 is 0 Å². The second kappa shape index (κ2) is 8.68. The van der Waals surface area contributed by atoms with Gasteiger partial charge in [0.1, 0.15) is 6.54 Å². The number of carbonyl (C=O) groups excluding carboxylic acids is 2. The minimum absolute atomic E-state index is 0.212. The standard InChI is InChI=1S/C21H22N2O7S/c1-28-18-10-9-14(11-19(18)29-2)23(31(4,26)27)13-20(24)22-12-16(21(25)30-3)15-7-5-6-8-17(15)22/h5-12H,13H2,1-4H3. The first-order valence-corrected chi connectivity index (χ1v) is 11.0. The van der Waals surface area contributed by atoms with E-state index < -0.39 is 28.4 Å².